The summed E-state index contributed by atoms with van der Waals surface area (Å²) in [5.74, 6) is 5.05. The molecule has 0 amide bonds. The van der Waals surface area contributed by atoms with Crippen LogP contribution in [0.15, 0.2) is 23.3 Å². The van der Waals surface area contributed by atoms with Gasteiger partial charge in [-0.1, -0.05) is 30.2 Å². The molecule has 1 nitrogen and oxygen atoms in total. The van der Waals surface area contributed by atoms with Crippen molar-refractivity contribution >= 4 is 0 Å². The summed E-state index contributed by atoms with van der Waals surface area (Å²) in [6.07, 6.45) is 10.6. The van der Waals surface area contributed by atoms with Gasteiger partial charge in [-0.3, -0.25) is 0 Å². The van der Waals surface area contributed by atoms with E-state index in [1.54, 1.807) is 5.57 Å². The molecule has 0 aromatic rings. The number of allylic oxidation sites excluding steroid dienone is 4. The Hall–Kier alpha value is -0.560. The third kappa shape index (κ3) is 2.50. The van der Waals surface area contributed by atoms with Crippen LogP contribution in [0.3, 0.4) is 0 Å². The molecule has 124 valence electrons. The summed E-state index contributed by atoms with van der Waals surface area (Å²) in [6.45, 7) is 11.9. The Labute approximate surface area is 137 Å². The largest absolute Gasteiger partial charge is 0.474 e. The van der Waals surface area contributed by atoms with Crippen LogP contribution in [0.4, 0.5) is 0 Å². The van der Waals surface area contributed by atoms with E-state index in [9.17, 15) is 0 Å². The molecule has 0 aromatic carbocycles. The fourth-order valence-corrected chi connectivity index (χ4v) is 6.18. The van der Waals surface area contributed by atoms with Crippen molar-refractivity contribution in [3.63, 3.8) is 0 Å². The maximum atomic E-state index is 4.21. The van der Waals surface area contributed by atoms with Gasteiger partial charge < -0.3 is 5.32 Å². The van der Waals surface area contributed by atoms with E-state index in [-0.39, 0.29) is 0 Å². The zero-order valence-electron chi connectivity index (χ0n) is 15.2. The minimum Gasteiger partial charge on any atom is -0.474 e. The Balaban J connectivity index is 2.02. The van der Waals surface area contributed by atoms with E-state index in [0.717, 1.165) is 35.5 Å². The maximum absolute atomic E-state index is 4.21. The van der Waals surface area contributed by atoms with Crippen molar-refractivity contribution < 1.29 is 5.32 Å². The van der Waals surface area contributed by atoms with Gasteiger partial charge in [-0.15, -0.1) is 0 Å². The average molecular weight is 302 g/mol. The van der Waals surface area contributed by atoms with E-state index >= 15 is 0 Å². The van der Waals surface area contributed by atoms with Crippen LogP contribution in [0.5, 0.6) is 0 Å². The van der Waals surface area contributed by atoms with Gasteiger partial charge in [0.15, 0.2) is 0 Å². The molecule has 0 heterocycles. The summed E-state index contributed by atoms with van der Waals surface area (Å²) >= 11 is 0. The van der Waals surface area contributed by atoms with E-state index in [4.69, 9.17) is 0 Å². The van der Waals surface area contributed by atoms with Crippen LogP contribution in [0.2, 0.25) is 0 Å². The topological polar surface area (TPSA) is 16.6 Å². The summed E-state index contributed by atoms with van der Waals surface area (Å²) in [5.41, 5.74) is 3.52. The molecule has 0 radical (unpaired) electrons. The number of hydrogen-bond donors (Lipinski definition) is 1. The second kappa shape index (κ2) is 5.82. The van der Waals surface area contributed by atoms with Crippen LogP contribution in [0.1, 0.15) is 60.3 Å². The van der Waals surface area contributed by atoms with Crippen LogP contribution in [-0.2, 0) is 0 Å². The van der Waals surface area contributed by atoms with Crippen molar-refractivity contribution in [3.8, 4) is 0 Å². The minimum absolute atomic E-state index is 0.350. The third-order valence-electron chi connectivity index (χ3n) is 7.31. The molecular formula is C21H35N. The van der Waals surface area contributed by atoms with Gasteiger partial charge >= 0.3 is 0 Å². The van der Waals surface area contributed by atoms with Gasteiger partial charge in [0.25, 0.3) is 0 Å². The van der Waals surface area contributed by atoms with Crippen LogP contribution in [-0.4, -0.2) is 5.54 Å². The molecule has 2 saturated carbocycles. The molecule has 0 saturated heterocycles. The highest BCUT2D eigenvalue weighted by Gasteiger charge is 2.55. The van der Waals surface area contributed by atoms with Gasteiger partial charge in [-0.2, -0.15) is 7.05 Å². The Morgan fingerprint density at radius 1 is 1.41 bits per heavy atom. The van der Waals surface area contributed by atoms with Crippen molar-refractivity contribution in [2.24, 2.45) is 35.5 Å². The zero-order chi connectivity index (χ0) is 16.1. The van der Waals surface area contributed by atoms with Gasteiger partial charge in [0.05, 0.1) is 5.54 Å². The van der Waals surface area contributed by atoms with Crippen molar-refractivity contribution in [2.75, 3.05) is 0 Å². The highest BCUT2D eigenvalue weighted by molar-refractivity contribution is 5.22. The van der Waals surface area contributed by atoms with E-state index < -0.39 is 0 Å². The van der Waals surface area contributed by atoms with E-state index in [1.165, 1.54) is 31.3 Å². The molecule has 3 aliphatic carbocycles. The van der Waals surface area contributed by atoms with Crippen LogP contribution in [0.25, 0.3) is 0 Å². The summed E-state index contributed by atoms with van der Waals surface area (Å²) in [4.78, 5) is 0. The van der Waals surface area contributed by atoms with Crippen molar-refractivity contribution in [1.29, 1.82) is 0 Å². The quantitative estimate of drug-likeness (QED) is 0.577. The van der Waals surface area contributed by atoms with Gasteiger partial charge in [0.1, 0.15) is 0 Å². The molecule has 0 unspecified atom stereocenters. The van der Waals surface area contributed by atoms with E-state index in [1.807, 2.05) is 0 Å². The average Bonchev–Trinajstić information content (AvgIpc) is 2.45. The first-order chi connectivity index (χ1) is 10.4. The van der Waals surface area contributed by atoms with Crippen molar-refractivity contribution in [1.82, 2.24) is 0 Å². The van der Waals surface area contributed by atoms with Crippen molar-refractivity contribution in [3.05, 3.63) is 30.3 Å². The molecule has 1 heteroatoms. The lowest BCUT2D eigenvalue weighted by molar-refractivity contribution is -0.687. The Morgan fingerprint density at radius 2 is 2.14 bits per heavy atom. The molecular weight excluding hydrogens is 266 g/mol. The number of nitrogens with two attached hydrogens (primary N) is 1. The third-order valence-corrected chi connectivity index (χ3v) is 7.31. The molecule has 22 heavy (non-hydrogen) atoms. The first-order valence-corrected chi connectivity index (χ1v) is 9.32. The van der Waals surface area contributed by atoms with Gasteiger partial charge in [-0.25, -0.2) is 0 Å². The second-order valence-corrected chi connectivity index (χ2v) is 8.93. The Kier molecular flexibility index (Phi) is 4.31. The molecule has 0 bridgehead atoms. The molecule has 0 spiro atoms. The highest BCUT2D eigenvalue weighted by Crippen LogP contribution is 2.58. The minimum atomic E-state index is 0.350. The molecule has 3 rings (SSSR count). The lowest BCUT2D eigenvalue weighted by Gasteiger charge is -2.59. The first kappa shape index (κ1) is 16.3. The monoisotopic (exact) mass is 301 g/mol. The lowest BCUT2D eigenvalue weighted by atomic mass is 9.47. The van der Waals surface area contributed by atoms with Crippen LogP contribution in [0, 0.1) is 42.6 Å². The summed E-state index contributed by atoms with van der Waals surface area (Å²) in [6, 6.07) is 0. The number of rotatable bonds is 2. The van der Waals surface area contributed by atoms with Gasteiger partial charge in [-0.05, 0) is 76.5 Å². The second-order valence-electron chi connectivity index (χ2n) is 8.93. The molecule has 0 aromatic heterocycles. The van der Waals surface area contributed by atoms with Crippen LogP contribution < -0.4 is 5.32 Å². The van der Waals surface area contributed by atoms with Crippen LogP contribution >= 0.6 is 0 Å². The molecule has 3 aliphatic rings. The van der Waals surface area contributed by atoms with E-state index in [0.29, 0.717) is 5.54 Å². The fraction of sp³-hybridized carbons (Fsp3) is 0.762. The zero-order valence-corrected chi connectivity index (χ0v) is 15.2. The summed E-state index contributed by atoms with van der Waals surface area (Å²) in [7, 11) is 4.21. The van der Waals surface area contributed by atoms with Crippen molar-refractivity contribution in [2.45, 2.75) is 65.8 Å². The first-order valence-electron chi connectivity index (χ1n) is 9.32. The molecule has 2 fully saturated rings. The summed E-state index contributed by atoms with van der Waals surface area (Å²) < 4.78 is 0. The fourth-order valence-electron chi connectivity index (χ4n) is 6.18. The number of quaternary nitrogens is 1. The molecule has 7 atom stereocenters. The summed E-state index contributed by atoms with van der Waals surface area (Å²) in [5, 5.41) is 2.29. The SMILES string of the molecule is [CH2-][NH2+][C@@]1(C)CC[C@H]2[C@H]3[C@@H](C(C)=CC[C@@H]31)[C@@H](C=C(C)C)C[C@@H]2C. The standard InChI is InChI=1S/C21H35N/c1-13(2)11-16-12-15(4)17-9-10-21(5,22-6)18-8-7-14(3)19(16)20(17)18/h7,11,15-20H,6,8-10,12,22H2,1-5H3/t15-,16-,17+,18-,19-,20+,21-/m0/s1. The number of hydrogen-bond acceptors (Lipinski definition) is 0. The van der Waals surface area contributed by atoms with Gasteiger partial charge in [0, 0.05) is 12.3 Å². The molecule has 2 N–H and O–H groups in total. The molecule has 0 aliphatic heterocycles. The predicted molar refractivity (Wildman–Crippen MR) is 94.0 cm³/mol. The smallest absolute Gasteiger partial charge is 0.0729 e. The normalized spacial score (nSPS) is 47.5. The van der Waals surface area contributed by atoms with Gasteiger partial charge in [0.2, 0.25) is 0 Å². The van der Waals surface area contributed by atoms with E-state index in [2.05, 4.69) is 59.1 Å². The Bertz CT molecular complexity index is 484. The maximum Gasteiger partial charge on any atom is 0.0729 e. The lowest BCUT2D eigenvalue weighted by Crippen LogP contribution is -2.94. The predicted octanol–water partition coefficient (Wildman–Crippen LogP) is 4.33. The highest BCUT2D eigenvalue weighted by atomic mass is 15.0. The Morgan fingerprint density at radius 3 is 2.77 bits per heavy atom.